The van der Waals surface area contributed by atoms with E-state index >= 15 is 0 Å². The molecule has 6 nitrogen and oxygen atoms in total. The summed E-state index contributed by atoms with van der Waals surface area (Å²) in [7, 11) is 0. The van der Waals surface area contributed by atoms with Crippen LogP contribution in [0.3, 0.4) is 0 Å². The Kier molecular flexibility index (Phi) is 11.5. The van der Waals surface area contributed by atoms with Crippen LogP contribution >= 0.6 is 0 Å². The Morgan fingerprint density at radius 3 is 2.04 bits per heavy atom. The molecule has 6 heteroatoms. The van der Waals surface area contributed by atoms with Crippen molar-refractivity contribution in [1.82, 2.24) is 20.4 Å². The summed E-state index contributed by atoms with van der Waals surface area (Å²) in [6.45, 7) is 11.5. The number of carbonyl (C=O) groups is 2. The Bertz CT molecular complexity index is 390. The Labute approximate surface area is 153 Å². The van der Waals surface area contributed by atoms with Gasteiger partial charge in [0, 0.05) is 38.8 Å². The summed E-state index contributed by atoms with van der Waals surface area (Å²) in [6.07, 6.45) is 6.41. The molecule has 0 aromatic carbocycles. The second-order valence-corrected chi connectivity index (χ2v) is 7.06. The van der Waals surface area contributed by atoms with Gasteiger partial charge in [0.2, 0.25) is 11.8 Å². The molecule has 2 N–H and O–H groups in total. The van der Waals surface area contributed by atoms with Gasteiger partial charge in [-0.25, -0.2) is 0 Å². The van der Waals surface area contributed by atoms with Gasteiger partial charge in [0.15, 0.2) is 0 Å². The van der Waals surface area contributed by atoms with E-state index in [0.717, 1.165) is 71.2 Å². The van der Waals surface area contributed by atoms with Crippen molar-refractivity contribution in [3.05, 3.63) is 0 Å². The second-order valence-electron chi connectivity index (χ2n) is 7.06. The van der Waals surface area contributed by atoms with Gasteiger partial charge in [-0.15, -0.1) is 0 Å². The highest BCUT2D eigenvalue weighted by Gasteiger charge is 2.28. The Morgan fingerprint density at radius 2 is 1.48 bits per heavy atom. The first-order chi connectivity index (χ1) is 12.1. The molecular formula is C19H38N4O2. The summed E-state index contributed by atoms with van der Waals surface area (Å²) in [5, 5.41) is 6.00. The Morgan fingerprint density at radius 1 is 0.880 bits per heavy atom. The summed E-state index contributed by atoms with van der Waals surface area (Å²) < 4.78 is 0. The molecular weight excluding hydrogens is 316 g/mol. The third kappa shape index (κ3) is 9.21. The second kappa shape index (κ2) is 13.1. The standard InChI is InChI=1S/C19H38N4O2/c1-4-7-10-20-18(24)15-22-12-13-23(17(14-22)9-6-3)16-19(25)21-11-8-5-2/h17H,4-16H2,1-3H3,(H,20,24)(H,21,25)/t17-/m1/s1. The number of carbonyl (C=O) groups excluding carboxylic acids is 2. The lowest BCUT2D eigenvalue weighted by atomic mass is 10.1. The van der Waals surface area contributed by atoms with E-state index in [1.54, 1.807) is 0 Å². The maximum atomic E-state index is 12.1. The third-order valence-corrected chi connectivity index (χ3v) is 4.73. The van der Waals surface area contributed by atoms with Gasteiger partial charge in [-0.05, 0) is 19.3 Å². The fourth-order valence-corrected chi connectivity index (χ4v) is 3.22. The van der Waals surface area contributed by atoms with Crippen LogP contribution in [0.5, 0.6) is 0 Å². The minimum atomic E-state index is 0.120. The summed E-state index contributed by atoms with van der Waals surface area (Å²) in [4.78, 5) is 28.7. The number of piperazine rings is 1. The van der Waals surface area contributed by atoms with Crippen molar-refractivity contribution >= 4 is 11.8 Å². The molecule has 0 saturated carbocycles. The first-order valence-electron chi connectivity index (χ1n) is 10.1. The van der Waals surface area contributed by atoms with Gasteiger partial charge >= 0.3 is 0 Å². The summed E-state index contributed by atoms with van der Waals surface area (Å²) in [5.41, 5.74) is 0. The van der Waals surface area contributed by atoms with Gasteiger partial charge in [-0.1, -0.05) is 40.0 Å². The lowest BCUT2D eigenvalue weighted by Crippen LogP contribution is -2.56. The van der Waals surface area contributed by atoms with Crippen LogP contribution in [-0.4, -0.2) is 73.5 Å². The van der Waals surface area contributed by atoms with Crippen LogP contribution in [0.2, 0.25) is 0 Å². The predicted octanol–water partition coefficient (Wildman–Crippen LogP) is 1.61. The number of unbranched alkanes of at least 4 members (excludes halogenated alkanes) is 2. The van der Waals surface area contributed by atoms with E-state index in [4.69, 9.17) is 0 Å². The molecule has 0 radical (unpaired) electrons. The molecule has 1 heterocycles. The Hall–Kier alpha value is -1.14. The number of hydrogen-bond donors (Lipinski definition) is 2. The number of rotatable bonds is 12. The topological polar surface area (TPSA) is 64.7 Å². The molecule has 25 heavy (non-hydrogen) atoms. The molecule has 1 rings (SSSR count). The molecule has 146 valence electrons. The Balaban J connectivity index is 2.41. The maximum Gasteiger partial charge on any atom is 0.234 e. The van der Waals surface area contributed by atoms with Gasteiger partial charge in [0.05, 0.1) is 13.1 Å². The molecule has 0 unspecified atom stereocenters. The van der Waals surface area contributed by atoms with E-state index in [1.807, 2.05) is 0 Å². The molecule has 0 spiro atoms. The molecule has 2 amide bonds. The van der Waals surface area contributed by atoms with Gasteiger partial charge in [-0.2, -0.15) is 0 Å². The highest BCUT2D eigenvalue weighted by molar-refractivity contribution is 5.78. The highest BCUT2D eigenvalue weighted by Crippen LogP contribution is 2.14. The third-order valence-electron chi connectivity index (χ3n) is 4.73. The van der Waals surface area contributed by atoms with Crippen LogP contribution in [0.25, 0.3) is 0 Å². The van der Waals surface area contributed by atoms with Crippen LogP contribution in [-0.2, 0) is 9.59 Å². The van der Waals surface area contributed by atoms with E-state index in [-0.39, 0.29) is 11.8 Å². The van der Waals surface area contributed by atoms with E-state index in [9.17, 15) is 9.59 Å². The van der Waals surface area contributed by atoms with Gasteiger partial charge in [-0.3, -0.25) is 19.4 Å². The molecule has 1 aliphatic heterocycles. The maximum absolute atomic E-state index is 12.1. The van der Waals surface area contributed by atoms with Crippen molar-refractivity contribution in [3.8, 4) is 0 Å². The van der Waals surface area contributed by atoms with E-state index < -0.39 is 0 Å². The van der Waals surface area contributed by atoms with Crippen molar-refractivity contribution in [3.63, 3.8) is 0 Å². The molecule has 1 saturated heterocycles. The lowest BCUT2D eigenvalue weighted by Gasteiger charge is -2.41. The van der Waals surface area contributed by atoms with E-state index in [0.29, 0.717) is 19.1 Å². The number of nitrogens with zero attached hydrogens (tertiary/aromatic N) is 2. The van der Waals surface area contributed by atoms with Crippen LogP contribution in [0, 0.1) is 0 Å². The fourth-order valence-electron chi connectivity index (χ4n) is 3.22. The van der Waals surface area contributed by atoms with Crippen LogP contribution in [0.15, 0.2) is 0 Å². The zero-order valence-corrected chi connectivity index (χ0v) is 16.5. The van der Waals surface area contributed by atoms with E-state index in [1.165, 1.54) is 0 Å². The number of hydrogen-bond acceptors (Lipinski definition) is 4. The van der Waals surface area contributed by atoms with Crippen molar-refractivity contribution < 1.29 is 9.59 Å². The molecule has 1 atom stereocenters. The summed E-state index contributed by atoms with van der Waals surface area (Å²) >= 11 is 0. The SMILES string of the molecule is CCCCNC(=O)CN1CCN(CC(=O)NCCCC)[C@H](CCC)C1. The van der Waals surface area contributed by atoms with Crippen molar-refractivity contribution in [2.45, 2.75) is 65.3 Å². The highest BCUT2D eigenvalue weighted by atomic mass is 16.2. The van der Waals surface area contributed by atoms with Crippen molar-refractivity contribution in [2.24, 2.45) is 0 Å². The summed E-state index contributed by atoms with van der Waals surface area (Å²) in [6, 6.07) is 0.360. The quantitative estimate of drug-likeness (QED) is 0.523. The normalized spacial score (nSPS) is 18.9. The van der Waals surface area contributed by atoms with Crippen molar-refractivity contribution in [2.75, 3.05) is 45.8 Å². The lowest BCUT2D eigenvalue weighted by molar-refractivity contribution is -0.126. The van der Waals surface area contributed by atoms with Gasteiger partial charge in [0.25, 0.3) is 0 Å². The average Bonchev–Trinajstić information content (AvgIpc) is 2.58. The monoisotopic (exact) mass is 354 g/mol. The fraction of sp³-hybridized carbons (Fsp3) is 0.895. The number of amides is 2. The molecule has 0 aliphatic carbocycles. The first kappa shape index (κ1) is 21.9. The molecule has 1 aliphatic rings. The van der Waals surface area contributed by atoms with E-state index in [2.05, 4.69) is 41.2 Å². The molecule has 0 aromatic heterocycles. The molecule has 0 aromatic rings. The van der Waals surface area contributed by atoms with Crippen LogP contribution < -0.4 is 10.6 Å². The molecule has 1 fully saturated rings. The first-order valence-corrected chi connectivity index (χ1v) is 10.1. The van der Waals surface area contributed by atoms with Crippen LogP contribution in [0.4, 0.5) is 0 Å². The minimum absolute atomic E-state index is 0.120. The number of nitrogens with one attached hydrogen (secondary N) is 2. The predicted molar refractivity (Wildman–Crippen MR) is 103 cm³/mol. The zero-order chi connectivity index (χ0) is 18.5. The van der Waals surface area contributed by atoms with Crippen LogP contribution in [0.1, 0.15) is 59.3 Å². The van der Waals surface area contributed by atoms with Crippen molar-refractivity contribution in [1.29, 1.82) is 0 Å². The smallest absolute Gasteiger partial charge is 0.234 e. The largest absolute Gasteiger partial charge is 0.355 e. The summed E-state index contributed by atoms with van der Waals surface area (Å²) in [5.74, 6) is 0.245. The zero-order valence-electron chi connectivity index (χ0n) is 16.5. The molecule has 0 bridgehead atoms. The van der Waals surface area contributed by atoms with Gasteiger partial charge < -0.3 is 10.6 Å². The average molecular weight is 355 g/mol. The minimum Gasteiger partial charge on any atom is -0.355 e. The van der Waals surface area contributed by atoms with Gasteiger partial charge in [0.1, 0.15) is 0 Å².